The molecule has 0 aromatic carbocycles. The number of likely N-dealkylation sites (tertiary alicyclic amines) is 2. The minimum atomic E-state index is -0.582. The van der Waals surface area contributed by atoms with Gasteiger partial charge in [0.2, 0.25) is 11.8 Å². The third-order valence-corrected chi connectivity index (χ3v) is 8.38. The minimum absolute atomic E-state index is 0.0429. The number of hydrogen-bond acceptors (Lipinski definition) is 4. The molecule has 0 aromatic rings. The largest absolute Gasteiger partial charge is 0.368 e. The Labute approximate surface area is 174 Å². The van der Waals surface area contributed by atoms with Crippen LogP contribution in [0.25, 0.3) is 0 Å². The molecule has 3 aliphatic heterocycles. The fraction of sp³-hybridized carbons (Fsp3) is 0.818. The Kier molecular flexibility index (Phi) is 6.50. The second-order valence-electron chi connectivity index (χ2n) is 10.0. The second kappa shape index (κ2) is 8.39. The fourth-order valence-electron chi connectivity index (χ4n) is 4.63. The molecule has 3 heterocycles. The van der Waals surface area contributed by atoms with Crippen molar-refractivity contribution in [1.29, 1.82) is 0 Å². The molecule has 2 amide bonds. The topological polar surface area (TPSA) is 66.6 Å². The maximum Gasteiger partial charge on any atom is 0.237 e. The summed E-state index contributed by atoms with van der Waals surface area (Å²) >= 11 is 1.87. The molecule has 0 bridgehead atoms. The SMILES string of the molecule is CC1(C)CCCN(C(=O)C2C=C(C3CCN(C(C)(C)C(N)=O)CC3)SC2)CC1. The highest BCUT2D eigenvalue weighted by molar-refractivity contribution is 8.03. The van der Waals surface area contributed by atoms with Crippen molar-refractivity contribution in [3.63, 3.8) is 0 Å². The first-order valence-corrected chi connectivity index (χ1v) is 11.8. The Balaban J connectivity index is 1.56. The summed E-state index contributed by atoms with van der Waals surface area (Å²) in [6, 6.07) is 0. The first kappa shape index (κ1) is 21.7. The van der Waals surface area contributed by atoms with Crippen LogP contribution in [0.15, 0.2) is 11.0 Å². The Morgan fingerprint density at radius 2 is 1.82 bits per heavy atom. The number of carbonyl (C=O) groups is 2. The number of carbonyl (C=O) groups excluding carboxylic acids is 2. The lowest BCUT2D eigenvalue weighted by Crippen LogP contribution is -2.55. The standard InChI is InChI=1S/C22H37N3O2S/c1-21(2)8-5-10-24(13-9-21)19(26)17-14-18(28-15-17)16-6-11-25(12-7-16)22(3,4)20(23)27/h14,16-17H,5-13,15H2,1-4H3,(H2,23,27). The molecule has 158 valence electrons. The molecule has 0 radical (unpaired) electrons. The summed E-state index contributed by atoms with van der Waals surface area (Å²) in [4.78, 5) is 30.5. The molecule has 0 aliphatic carbocycles. The van der Waals surface area contributed by atoms with Gasteiger partial charge in [-0.15, -0.1) is 11.8 Å². The van der Waals surface area contributed by atoms with Gasteiger partial charge in [-0.25, -0.2) is 0 Å². The number of thioether (sulfide) groups is 1. The van der Waals surface area contributed by atoms with Crippen molar-refractivity contribution in [2.75, 3.05) is 31.9 Å². The number of amides is 2. The molecule has 3 rings (SSSR count). The van der Waals surface area contributed by atoms with Crippen LogP contribution >= 0.6 is 11.8 Å². The van der Waals surface area contributed by atoms with Crippen LogP contribution in [0, 0.1) is 17.3 Å². The lowest BCUT2D eigenvalue weighted by molar-refractivity contribution is -0.133. The van der Waals surface area contributed by atoms with Gasteiger partial charge in [0.25, 0.3) is 0 Å². The van der Waals surface area contributed by atoms with Gasteiger partial charge in [0.15, 0.2) is 0 Å². The monoisotopic (exact) mass is 407 g/mol. The molecule has 1 unspecified atom stereocenters. The normalized spacial score (nSPS) is 27.4. The van der Waals surface area contributed by atoms with E-state index >= 15 is 0 Å². The van der Waals surface area contributed by atoms with Crippen molar-refractivity contribution in [3.8, 4) is 0 Å². The predicted octanol–water partition coefficient (Wildman–Crippen LogP) is 3.25. The average Bonchev–Trinajstić information content (AvgIpc) is 3.06. The van der Waals surface area contributed by atoms with Gasteiger partial charge in [-0.1, -0.05) is 19.9 Å². The van der Waals surface area contributed by atoms with Gasteiger partial charge >= 0.3 is 0 Å². The molecule has 2 fully saturated rings. The molecule has 0 aromatic heterocycles. The van der Waals surface area contributed by atoms with Gasteiger partial charge < -0.3 is 10.6 Å². The number of rotatable bonds is 4. The van der Waals surface area contributed by atoms with Crippen LogP contribution in [0.2, 0.25) is 0 Å². The van der Waals surface area contributed by atoms with Crippen molar-refractivity contribution in [3.05, 3.63) is 11.0 Å². The van der Waals surface area contributed by atoms with E-state index in [9.17, 15) is 9.59 Å². The number of nitrogens with zero attached hydrogens (tertiary/aromatic N) is 2. The zero-order chi connectivity index (χ0) is 20.5. The first-order chi connectivity index (χ1) is 13.1. The summed E-state index contributed by atoms with van der Waals surface area (Å²) in [5.41, 5.74) is 5.34. The summed E-state index contributed by atoms with van der Waals surface area (Å²) < 4.78 is 0. The zero-order valence-corrected chi connectivity index (χ0v) is 18.8. The lowest BCUT2D eigenvalue weighted by atomic mass is 9.85. The van der Waals surface area contributed by atoms with Crippen LogP contribution in [-0.2, 0) is 9.59 Å². The molecule has 3 aliphatic rings. The highest BCUT2D eigenvalue weighted by Crippen LogP contribution is 2.41. The summed E-state index contributed by atoms with van der Waals surface area (Å²) in [6.45, 7) is 12.0. The molecule has 6 heteroatoms. The van der Waals surface area contributed by atoms with E-state index in [-0.39, 0.29) is 11.8 Å². The van der Waals surface area contributed by atoms with Gasteiger partial charge in [-0.2, -0.15) is 0 Å². The zero-order valence-electron chi connectivity index (χ0n) is 18.0. The Morgan fingerprint density at radius 1 is 1.14 bits per heavy atom. The molecule has 5 nitrogen and oxygen atoms in total. The molecular weight excluding hydrogens is 370 g/mol. The third-order valence-electron chi connectivity index (χ3n) is 7.05. The van der Waals surface area contributed by atoms with Crippen LogP contribution in [0.3, 0.4) is 0 Å². The van der Waals surface area contributed by atoms with Crippen molar-refractivity contribution >= 4 is 23.6 Å². The van der Waals surface area contributed by atoms with E-state index in [0.29, 0.717) is 17.2 Å². The van der Waals surface area contributed by atoms with Gasteiger partial charge in [0.1, 0.15) is 0 Å². The quantitative estimate of drug-likeness (QED) is 0.777. The Morgan fingerprint density at radius 3 is 2.46 bits per heavy atom. The Hall–Kier alpha value is -1.01. The van der Waals surface area contributed by atoms with Gasteiger partial charge in [-0.05, 0) is 75.3 Å². The van der Waals surface area contributed by atoms with Gasteiger partial charge in [-0.3, -0.25) is 14.5 Å². The van der Waals surface area contributed by atoms with Crippen LogP contribution in [0.4, 0.5) is 0 Å². The molecule has 1 atom stereocenters. The fourth-order valence-corrected chi connectivity index (χ4v) is 5.98. The summed E-state index contributed by atoms with van der Waals surface area (Å²) in [6.07, 6.45) is 7.75. The minimum Gasteiger partial charge on any atom is -0.368 e. The maximum atomic E-state index is 13.1. The number of primary amides is 1. The molecule has 2 saturated heterocycles. The summed E-state index contributed by atoms with van der Waals surface area (Å²) in [5.74, 6) is 1.52. The molecular formula is C22H37N3O2S. The Bertz CT molecular complexity index is 636. The molecule has 0 spiro atoms. The molecule has 28 heavy (non-hydrogen) atoms. The van der Waals surface area contributed by atoms with Gasteiger partial charge in [0, 0.05) is 18.8 Å². The van der Waals surface area contributed by atoms with Gasteiger partial charge in [0.05, 0.1) is 11.5 Å². The third kappa shape index (κ3) is 4.76. The maximum absolute atomic E-state index is 13.1. The van der Waals surface area contributed by atoms with E-state index < -0.39 is 5.54 Å². The smallest absolute Gasteiger partial charge is 0.237 e. The molecule has 2 N–H and O–H groups in total. The van der Waals surface area contributed by atoms with E-state index in [1.807, 2.05) is 25.6 Å². The summed E-state index contributed by atoms with van der Waals surface area (Å²) in [5, 5.41) is 0. The molecule has 0 saturated carbocycles. The number of allylic oxidation sites excluding steroid dienone is 1. The number of nitrogens with two attached hydrogens (primary N) is 1. The van der Waals surface area contributed by atoms with Crippen molar-refractivity contribution in [1.82, 2.24) is 9.80 Å². The van der Waals surface area contributed by atoms with Crippen LogP contribution in [0.5, 0.6) is 0 Å². The van der Waals surface area contributed by atoms with E-state index in [4.69, 9.17) is 5.73 Å². The van der Waals surface area contributed by atoms with Crippen LogP contribution in [-0.4, -0.2) is 59.1 Å². The number of piperidine rings is 1. The summed E-state index contributed by atoms with van der Waals surface area (Å²) in [7, 11) is 0. The average molecular weight is 408 g/mol. The van der Waals surface area contributed by atoms with Crippen LogP contribution < -0.4 is 5.73 Å². The number of hydrogen-bond donors (Lipinski definition) is 1. The second-order valence-corrected chi connectivity index (χ2v) is 11.1. The highest BCUT2D eigenvalue weighted by Gasteiger charge is 2.38. The highest BCUT2D eigenvalue weighted by atomic mass is 32.2. The van der Waals surface area contributed by atoms with Crippen molar-refractivity contribution < 1.29 is 9.59 Å². The van der Waals surface area contributed by atoms with Crippen molar-refractivity contribution in [2.24, 2.45) is 23.0 Å². The van der Waals surface area contributed by atoms with E-state index in [0.717, 1.165) is 57.6 Å². The van der Waals surface area contributed by atoms with E-state index in [1.165, 1.54) is 11.3 Å². The lowest BCUT2D eigenvalue weighted by Gasteiger charge is -2.41. The van der Waals surface area contributed by atoms with E-state index in [1.54, 1.807) is 0 Å². The van der Waals surface area contributed by atoms with Crippen molar-refractivity contribution in [2.45, 2.75) is 65.3 Å². The predicted molar refractivity (Wildman–Crippen MR) is 116 cm³/mol. The first-order valence-electron chi connectivity index (χ1n) is 10.8. The van der Waals surface area contributed by atoms with Crippen LogP contribution in [0.1, 0.15) is 59.8 Å². The van der Waals surface area contributed by atoms with E-state index in [2.05, 4.69) is 29.7 Å².